The van der Waals surface area contributed by atoms with E-state index in [1.807, 2.05) is 42.6 Å². The maximum Gasteiger partial charge on any atom is 0.0789 e. The van der Waals surface area contributed by atoms with Crippen LogP contribution in [0, 0.1) is 0 Å². The van der Waals surface area contributed by atoms with Gasteiger partial charge in [-0.1, -0.05) is 51.4 Å². The lowest BCUT2D eigenvalue weighted by molar-refractivity contribution is 1.10. The van der Waals surface area contributed by atoms with Crippen molar-refractivity contribution in [3.05, 3.63) is 64.2 Å². The summed E-state index contributed by atoms with van der Waals surface area (Å²) in [5, 5.41) is 7.96. The van der Waals surface area contributed by atoms with E-state index in [1.54, 1.807) is 11.8 Å². The Labute approximate surface area is 134 Å². The largest absolute Gasteiger partial charge is 0.277 e. The zero-order valence-electron chi connectivity index (χ0n) is 10.3. The molecular formula is C15H10BrClN2S. The van der Waals surface area contributed by atoms with Gasteiger partial charge < -0.3 is 0 Å². The Balaban J connectivity index is 1.90. The Morgan fingerprint density at radius 1 is 1.00 bits per heavy atom. The summed E-state index contributed by atoms with van der Waals surface area (Å²) in [6.07, 6.45) is 1.84. The lowest BCUT2D eigenvalue weighted by atomic mass is 10.2. The van der Waals surface area contributed by atoms with Gasteiger partial charge in [-0.2, -0.15) is 5.10 Å². The van der Waals surface area contributed by atoms with E-state index in [0.29, 0.717) is 0 Å². The van der Waals surface area contributed by atoms with Crippen LogP contribution in [0.4, 0.5) is 0 Å². The predicted octanol–water partition coefficient (Wildman–Crippen LogP) is 5.64. The molecule has 0 unspecified atom stereocenters. The fourth-order valence-corrected chi connectivity index (χ4v) is 3.09. The number of hydrogen-bond donors (Lipinski definition) is 1. The molecule has 0 fully saturated rings. The van der Waals surface area contributed by atoms with Gasteiger partial charge >= 0.3 is 0 Å². The minimum absolute atomic E-state index is 0.745. The van der Waals surface area contributed by atoms with Crippen molar-refractivity contribution in [2.75, 3.05) is 0 Å². The molecule has 0 bridgehead atoms. The fraction of sp³-hybridized carbons (Fsp3) is 0. The molecule has 20 heavy (non-hydrogen) atoms. The second-order valence-corrected chi connectivity index (χ2v) is 6.64. The van der Waals surface area contributed by atoms with Gasteiger partial charge in [0.25, 0.3) is 0 Å². The molecule has 5 heteroatoms. The van der Waals surface area contributed by atoms with E-state index in [4.69, 9.17) is 11.6 Å². The third-order valence-electron chi connectivity index (χ3n) is 2.78. The number of nitrogens with zero attached hydrogens (tertiary/aromatic N) is 1. The molecule has 1 aromatic heterocycles. The molecule has 0 radical (unpaired) electrons. The molecule has 100 valence electrons. The topological polar surface area (TPSA) is 28.7 Å². The van der Waals surface area contributed by atoms with Gasteiger partial charge in [-0.25, -0.2) is 0 Å². The van der Waals surface area contributed by atoms with Crippen molar-refractivity contribution in [3.8, 4) is 11.3 Å². The van der Waals surface area contributed by atoms with Gasteiger partial charge in [-0.3, -0.25) is 5.10 Å². The second-order valence-electron chi connectivity index (χ2n) is 4.17. The van der Waals surface area contributed by atoms with Crippen LogP contribution in [-0.2, 0) is 0 Å². The van der Waals surface area contributed by atoms with E-state index in [9.17, 15) is 0 Å². The zero-order valence-corrected chi connectivity index (χ0v) is 13.5. The standard InChI is InChI=1S/C15H10BrClN2S/c16-11-3-1-10(2-4-11)15-14(9-18-19-15)20-13-7-5-12(17)6-8-13/h1-9H,(H,18,19). The molecule has 2 aromatic carbocycles. The van der Waals surface area contributed by atoms with Crippen LogP contribution in [0.15, 0.2) is 69.0 Å². The Kier molecular flexibility index (Phi) is 4.15. The van der Waals surface area contributed by atoms with Crippen LogP contribution in [0.2, 0.25) is 5.02 Å². The van der Waals surface area contributed by atoms with Gasteiger partial charge in [0.15, 0.2) is 0 Å². The smallest absolute Gasteiger partial charge is 0.0789 e. The average Bonchev–Trinajstić information content (AvgIpc) is 2.90. The number of rotatable bonds is 3. The molecule has 3 rings (SSSR count). The van der Waals surface area contributed by atoms with Crippen molar-refractivity contribution >= 4 is 39.3 Å². The Morgan fingerprint density at radius 3 is 2.40 bits per heavy atom. The van der Waals surface area contributed by atoms with Crippen LogP contribution in [-0.4, -0.2) is 10.2 Å². The van der Waals surface area contributed by atoms with E-state index in [1.165, 1.54) is 0 Å². The first-order valence-corrected chi connectivity index (χ1v) is 7.94. The maximum atomic E-state index is 5.90. The van der Waals surface area contributed by atoms with Crippen molar-refractivity contribution in [2.45, 2.75) is 9.79 Å². The van der Waals surface area contributed by atoms with Crippen LogP contribution in [0.25, 0.3) is 11.3 Å². The SMILES string of the molecule is Clc1ccc(Sc2cn[nH]c2-c2ccc(Br)cc2)cc1. The highest BCUT2D eigenvalue weighted by atomic mass is 79.9. The molecule has 2 nitrogen and oxygen atoms in total. The second kappa shape index (κ2) is 6.04. The molecule has 3 aromatic rings. The van der Waals surface area contributed by atoms with Gasteiger partial charge in [0.05, 0.1) is 16.8 Å². The molecule has 0 aliphatic heterocycles. The molecule has 0 saturated carbocycles. The van der Waals surface area contributed by atoms with Gasteiger partial charge in [-0.15, -0.1) is 0 Å². The summed E-state index contributed by atoms with van der Waals surface area (Å²) in [5.74, 6) is 0. The van der Waals surface area contributed by atoms with Crippen molar-refractivity contribution in [1.29, 1.82) is 0 Å². The van der Waals surface area contributed by atoms with Crippen LogP contribution in [0.1, 0.15) is 0 Å². The van der Waals surface area contributed by atoms with E-state index in [0.717, 1.165) is 30.5 Å². The Morgan fingerprint density at radius 2 is 1.70 bits per heavy atom. The van der Waals surface area contributed by atoms with Gasteiger partial charge in [-0.05, 0) is 36.4 Å². The Hall–Kier alpha value is -1.23. The number of H-pyrrole nitrogens is 1. The van der Waals surface area contributed by atoms with E-state index >= 15 is 0 Å². The number of benzene rings is 2. The summed E-state index contributed by atoms with van der Waals surface area (Å²) in [4.78, 5) is 2.23. The summed E-state index contributed by atoms with van der Waals surface area (Å²) in [6, 6.07) is 16.0. The van der Waals surface area contributed by atoms with Crippen LogP contribution in [0.5, 0.6) is 0 Å². The molecule has 0 atom stereocenters. The van der Waals surface area contributed by atoms with Gasteiger partial charge in [0, 0.05) is 20.0 Å². The van der Waals surface area contributed by atoms with Crippen molar-refractivity contribution in [3.63, 3.8) is 0 Å². The Bertz CT molecular complexity index is 707. The molecule has 1 heterocycles. The highest BCUT2D eigenvalue weighted by Crippen LogP contribution is 2.35. The number of halogens is 2. The normalized spacial score (nSPS) is 10.7. The number of nitrogens with one attached hydrogen (secondary N) is 1. The molecule has 0 aliphatic carbocycles. The minimum Gasteiger partial charge on any atom is -0.277 e. The molecule has 0 aliphatic rings. The first kappa shape index (κ1) is 13.7. The quantitative estimate of drug-likeness (QED) is 0.650. The maximum absolute atomic E-state index is 5.90. The first-order valence-electron chi connectivity index (χ1n) is 5.95. The summed E-state index contributed by atoms with van der Waals surface area (Å²) in [6.45, 7) is 0. The van der Waals surface area contributed by atoms with Crippen molar-refractivity contribution < 1.29 is 0 Å². The average molecular weight is 366 g/mol. The highest BCUT2D eigenvalue weighted by Gasteiger charge is 2.09. The van der Waals surface area contributed by atoms with Crippen LogP contribution < -0.4 is 0 Å². The van der Waals surface area contributed by atoms with E-state index in [-0.39, 0.29) is 0 Å². The third-order valence-corrected chi connectivity index (χ3v) is 4.60. The lowest BCUT2D eigenvalue weighted by Crippen LogP contribution is -1.80. The number of aromatic nitrogens is 2. The summed E-state index contributed by atoms with van der Waals surface area (Å²) in [7, 11) is 0. The molecule has 1 N–H and O–H groups in total. The lowest BCUT2D eigenvalue weighted by Gasteiger charge is -2.04. The summed E-state index contributed by atoms with van der Waals surface area (Å²) in [5.41, 5.74) is 2.14. The van der Waals surface area contributed by atoms with E-state index < -0.39 is 0 Å². The molecule has 0 spiro atoms. The van der Waals surface area contributed by atoms with Crippen molar-refractivity contribution in [2.24, 2.45) is 0 Å². The fourth-order valence-electron chi connectivity index (χ4n) is 1.81. The zero-order chi connectivity index (χ0) is 13.9. The van der Waals surface area contributed by atoms with E-state index in [2.05, 4.69) is 38.3 Å². The summed E-state index contributed by atoms with van der Waals surface area (Å²) < 4.78 is 1.06. The highest BCUT2D eigenvalue weighted by molar-refractivity contribution is 9.10. The molecule has 0 saturated heterocycles. The molecular weight excluding hydrogens is 356 g/mol. The third kappa shape index (κ3) is 3.08. The van der Waals surface area contributed by atoms with Crippen LogP contribution >= 0.6 is 39.3 Å². The van der Waals surface area contributed by atoms with Gasteiger partial charge in [0.2, 0.25) is 0 Å². The predicted molar refractivity (Wildman–Crippen MR) is 87.3 cm³/mol. The monoisotopic (exact) mass is 364 g/mol. The minimum atomic E-state index is 0.745. The van der Waals surface area contributed by atoms with Crippen LogP contribution in [0.3, 0.4) is 0 Å². The number of hydrogen-bond acceptors (Lipinski definition) is 2. The summed E-state index contributed by atoms with van der Waals surface area (Å²) >= 11 is 11.0. The number of aromatic amines is 1. The molecule has 0 amide bonds. The first-order chi connectivity index (χ1) is 9.72. The van der Waals surface area contributed by atoms with Gasteiger partial charge in [0.1, 0.15) is 0 Å². The van der Waals surface area contributed by atoms with Crippen molar-refractivity contribution in [1.82, 2.24) is 10.2 Å².